The Bertz CT molecular complexity index is 901. The number of hydrogen-bond acceptors (Lipinski definition) is 5. The first-order valence-electron chi connectivity index (χ1n) is 8.21. The Hall–Kier alpha value is -1.63. The number of nitrogens with zero attached hydrogens (tertiary/aromatic N) is 2. The van der Waals surface area contributed by atoms with E-state index in [1.54, 1.807) is 11.3 Å². The summed E-state index contributed by atoms with van der Waals surface area (Å²) in [7, 11) is 0. The average molecular weight is 387 g/mol. The van der Waals surface area contributed by atoms with Gasteiger partial charge in [0.05, 0.1) is 11.4 Å². The maximum absolute atomic E-state index is 13.3. The number of anilines is 1. The van der Waals surface area contributed by atoms with Crippen molar-refractivity contribution < 1.29 is 4.79 Å². The Labute approximate surface area is 159 Å². The molecule has 3 heterocycles. The van der Waals surface area contributed by atoms with Crippen molar-refractivity contribution in [1.82, 2.24) is 4.98 Å². The molecule has 1 unspecified atom stereocenters. The van der Waals surface area contributed by atoms with Gasteiger partial charge in [-0.1, -0.05) is 19.1 Å². The second-order valence-corrected chi connectivity index (χ2v) is 9.35. The molecule has 0 saturated carbocycles. The molecule has 0 bridgehead atoms. The Morgan fingerprint density at radius 1 is 1.28 bits per heavy atom. The second-order valence-electron chi connectivity index (χ2n) is 6.09. The summed E-state index contributed by atoms with van der Waals surface area (Å²) in [5, 5.41) is 5.54. The number of carbonyl (C=O) groups excluding carboxylic acids is 1. The van der Waals surface area contributed by atoms with E-state index in [4.69, 9.17) is 0 Å². The van der Waals surface area contributed by atoms with Gasteiger partial charge in [0.1, 0.15) is 9.88 Å². The quantitative estimate of drug-likeness (QED) is 0.565. The van der Waals surface area contributed by atoms with Crippen LogP contribution in [0.15, 0.2) is 46.0 Å². The number of para-hydroxylation sites is 1. The van der Waals surface area contributed by atoms with Gasteiger partial charge in [0.2, 0.25) is 0 Å². The Balaban J connectivity index is 1.72. The number of rotatable bonds is 2. The Morgan fingerprint density at radius 2 is 2.12 bits per heavy atom. The van der Waals surface area contributed by atoms with Crippen LogP contribution in [-0.2, 0) is 0 Å². The fourth-order valence-corrected chi connectivity index (χ4v) is 5.76. The van der Waals surface area contributed by atoms with Gasteiger partial charge >= 0.3 is 0 Å². The number of aromatic nitrogens is 1. The van der Waals surface area contributed by atoms with Gasteiger partial charge in [0.25, 0.3) is 5.91 Å². The van der Waals surface area contributed by atoms with Crippen LogP contribution >= 0.6 is 34.4 Å². The van der Waals surface area contributed by atoms with Gasteiger partial charge in [-0.2, -0.15) is 11.3 Å². The SMILES string of the molecule is Cc1nc(-c2ccsc2)sc1C(=O)N1CCC(C)Sc2ccccc21. The highest BCUT2D eigenvalue weighted by molar-refractivity contribution is 8.00. The Morgan fingerprint density at radius 3 is 2.92 bits per heavy atom. The van der Waals surface area contributed by atoms with Crippen LogP contribution in [0, 0.1) is 6.92 Å². The summed E-state index contributed by atoms with van der Waals surface area (Å²) in [5.41, 5.74) is 2.93. The molecular formula is C19H18N2OS3. The molecule has 1 atom stereocenters. The van der Waals surface area contributed by atoms with Crippen LogP contribution in [0.1, 0.15) is 28.7 Å². The first-order valence-corrected chi connectivity index (χ1v) is 10.8. The van der Waals surface area contributed by atoms with E-state index < -0.39 is 0 Å². The number of hydrogen-bond donors (Lipinski definition) is 0. The van der Waals surface area contributed by atoms with Crippen molar-refractivity contribution in [1.29, 1.82) is 0 Å². The summed E-state index contributed by atoms with van der Waals surface area (Å²) in [6, 6.07) is 10.3. The second kappa shape index (κ2) is 6.94. The van der Waals surface area contributed by atoms with E-state index in [2.05, 4.69) is 35.5 Å². The maximum Gasteiger partial charge on any atom is 0.270 e. The van der Waals surface area contributed by atoms with Gasteiger partial charge in [-0.05, 0) is 36.9 Å². The monoisotopic (exact) mass is 386 g/mol. The van der Waals surface area contributed by atoms with E-state index >= 15 is 0 Å². The number of fused-ring (bicyclic) bond motifs is 1. The van der Waals surface area contributed by atoms with E-state index in [0.717, 1.165) is 39.8 Å². The molecule has 6 heteroatoms. The summed E-state index contributed by atoms with van der Waals surface area (Å²) in [6.07, 6.45) is 0.986. The lowest BCUT2D eigenvalue weighted by Gasteiger charge is -2.22. The van der Waals surface area contributed by atoms with Crippen molar-refractivity contribution in [3.05, 3.63) is 51.7 Å². The van der Waals surface area contributed by atoms with E-state index in [1.165, 1.54) is 16.2 Å². The minimum atomic E-state index is 0.0682. The summed E-state index contributed by atoms with van der Waals surface area (Å²) in [4.78, 5) is 21.8. The van der Waals surface area contributed by atoms with Crippen molar-refractivity contribution >= 4 is 46.0 Å². The average Bonchev–Trinajstić information content (AvgIpc) is 3.22. The zero-order valence-electron chi connectivity index (χ0n) is 14.1. The molecule has 2 aromatic heterocycles. The summed E-state index contributed by atoms with van der Waals surface area (Å²) in [6.45, 7) is 4.90. The highest BCUT2D eigenvalue weighted by Gasteiger charge is 2.27. The molecule has 4 rings (SSSR count). The van der Waals surface area contributed by atoms with Gasteiger partial charge in [0.15, 0.2) is 0 Å². The predicted octanol–water partition coefficient (Wildman–Crippen LogP) is 5.71. The van der Waals surface area contributed by atoms with E-state index in [1.807, 2.05) is 41.1 Å². The third-order valence-corrected chi connectivity index (χ3v) is 7.36. The molecule has 0 aliphatic carbocycles. The molecule has 3 aromatic rings. The van der Waals surface area contributed by atoms with Crippen LogP contribution < -0.4 is 4.90 Å². The van der Waals surface area contributed by atoms with Gasteiger partial charge in [-0.25, -0.2) is 4.98 Å². The topological polar surface area (TPSA) is 33.2 Å². The number of benzene rings is 1. The summed E-state index contributed by atoms with van der Waals surface area (Å²) >= 11 is 5.00. The zero-order valence-corrected chi connectivity index (χ0v) is 16.5. The van der Waals surface area contributed by atoms with Gasteiger partial charge < -0.3 is 4.90 Å². The van der Waals surface area contributed by atoms with Crippen LogP contribution in [0.5, 0.6) is 0 Å². The van der Waals surface area contributed by atoms with Crippen LogP contribution in [0.4, 0.5) is 5.69 Å². The lowest BCUT2D eigenvalue weighted by Crippen LogP contribution is -2.32. The van der Waals surface area contributed by atoms with Crippen LogP contribution in [-0.4, -0.2) is 22.7 Å². The van der Waals surface area contributed by atoms with Gasteiger partial charge in [0, 0.05) is 27.6 Å². The molecule has 128 valence electrons. The standard InChI is InChI=1S/C19H18N2OS3/c1-12-7-9-21(15-5-3-4-6-16(15)24-12)19(22)17-13(2)20-18(25-17)14-8-10-23-11-14/h3-6,8,10-12H,7,9H2,1-2H3. The number of thiazole rings is 1. The van der Waals surface area contributed by atoms with Crippen molar-refractivity contribution in [2.45, 2.75) is 30.4 Å². The lowest BCUT2D eigenvalue weighted by atomic mass is 10.2. The largest absolute Gasteiger partial charge is 0.306 e. The molecule has 0 saturated heterocycles. The highest BCUT2D eigenvalue weighted by atomic mass is 32.2. The zero-order chi connectivity index (χ0) is 17.4. The van der Waals surface area contributed by atoms with E-state index in [-0.39, 0.29) is 5.91 Å². The van der Waals surface area contributed by atoms with Crippen LogP contribution in [0.3, 0.4) is 0 Å². The molecule has 1 amide bonds. The molecule has 1 aromatic carbocycles. The van der Waals surface area contributed by atoms with Gasteiger partial charge in [-0.15, -0.1) is 23.1 Å². The molecule has 1 aliphatic rings. The summed E-state index contributed by atoms with van der Waals surface area (Å²) < 4.78 is 0. The first kappa shape index (κ1) is 16.8. The third-order valence-electron chi connectivity index (χ3n) is 4.25. The lowest BCUT2D eigenvalue weighted by molar-refractivity contribution is 0.0989. The van der Waals surface area contributed by atoms with Crippen LogP contribution in [0.2, 0.25) is 0 Å². The van der Waals surface area contributed by atoms with Crippen molar-refractivity contribution in [3.63, 3.8) is 0 Å². The summed E-state index contributed by atoms with van der Waals surface area (Å²) in [5.74, 6) is 0.0682. The molecule has 0 N–H and O–H groups in total. The van der Waals surface area contributed by atoms with E-state index in [9.17, 15) is 4.79 Å². The predicted molar refractivity (Wildman–Crippen MR) is 108 cm³/mol. The van der Waals surface area contributed by atoms with Gasteiger partial charge in [-0.3, -0.25) is 4.79 Å². The molecular weight excluding hydrogens is 368 g/mol. The number of amides is 1. The maximum atomic E-state index is 13.3. The van der Waals surface area contributed by atoms with E-state index in [0.29, 0.717) is 5.25 Å². The van der Waals surface area contributed by atoms with Crippen LogP contribution in [0.25, 0.3) is 10.6 Å². The molecule has 0 radical (unpaired) electrons. The minimum absolute atomic E-state index is 0.0682. The number of aryl methyl sites for hydroxylation is 1. The third kappa shape index (κ3) is 3.26. The molecule has 0 fully saturated rings. The fourth-order valence-electron chi connectivity index (χ4n) is 2.92. The van der Waals surface area contributed by atoms with Crippen molar-refractivity contribution in [2.75, 3.05) is 11.4 Å². The highest BCUT2D eigenvalue weighted by Crippen LogP contribution is 2.39. The number of carbonyl (C=O) groups is 1. The minimum Gasteiger partial charge on any atom is -0.306 e. The first-order chi connectivity index (χ1) is 12.1. The molecule has 25 heavy (non-hydrogen) atoms. The number of thiophene rings is 1. The van der Waals surface area contributed by atoms with Crippen molar-refractivity contribution in [3.8, 4) is 10.6 Å². The molecule has 0 spiro atoms. The number of thioether (sulfide) groups is 1. The normalized spacial score (nSPS) is 17.2. The van der Waals surface area contributed by atoms with Crippen molar-refractivity contribution in [2.24, 2.45) is 0 Å². The molecule has 1 aliphatic heterocycles. The molecule has 3 nitrogen and oxygen atoms in total. The smallest absolute Gasteiger partial charge is 0.270 e. The Kier molecular flexibility index (Phi) is 4.67. The fraction of sp³-hybridized carbons (Fsp3) is 0.263.